The molecule has 1 aliphatic rings. The predicted molar refractivity (Wildman–Crippen MR) is 100.0 cm³/mol. The molecule has 0 aliphatic heterocycles. The molecular formula is C20H25NO2S. The first kappa shape index (κ1) is 17.2. The summed E-state index contributed by atoms with van der Waals surface area (Å²) in [4.78, 5) is 14.3. The van der Waals surface area contributed by atoms with Crippen LogP contribution < -0.4 is 5.32 Å². The number of hydrogen-bond acceptors (Lipinski definition) is 3. The zero-order chi connectivity index (χ0) is 17.5. The summed E-state index contributed by atoms with van der Waals surface area (Å²) < 4.78 is 0. The van der Waals surface area contributed by atoms with Gasteiger partial charge in [0, 0.05) is 15.8 Å². The summed E-state index contributed by atoms with van der Waals surface area (Å²) in [5, 5.41) is 13.2. The molecule has 3 rings (SSSR count). The van der Waals surface area contributed by atoms with E-state index in [0.29, 0.717) is 5.56 Å². The number of thiophene rings is 1. The Morgan fingerprint density at radius 1 is 1.33 bits per heavy atom. The van der Waals surface area contributed by atoms with Crippen molar-refractivity contribution in [2.75, 3.05) is 7.05 Å². The fourth-order valence-corrected chi connectivity index (χ4v) is 4.93. The third-order valence-electron chi connectivity index (χ3n) is 5.09. The SMILES string of the molecule is CN[C@@H](C)c1ccccc1-c1sc2c(c1C(=O)O)CC(C)(C)CC2. The van der Waals surface area contributed by atoms with Gasteiger partial charge in [0.1, 0.15) is 0 Å². The van der Waals surface area contributed by atoms with E-state index in [2.05, 4.69) is 38.2 Å². The molecule has 24 heavy (non-hydrogen) atoms. The molecule has 4 heteroatoms. The Kier molecular flexibility index (Phi) is 4.54. The standard InChI is InChI=1S/C20H25NO2S/c1-12(21-4)13-7-5-6-8-14(13)18-17(19(22)23)15-11-20(2,3)10-9-16(15)24-18/h5-8,12,21H,9-11H2,1-4H3,(H,22,23)/t12-/m0/s1. The van der Waals surface area contributed by atoms with Gasteiger partial charge in [-0.2, -0.15) is 0 Å². The summed E-state index contributed by atoms with van der Waals surface area (Å²) in [6.45, 7) is 6.57. The molecule has 128 valence electrons. The smallest absolute Gasteiger partial charge is 0.337 e. The van der Waals surface area contributed by atoms with E-state index < -0.39 is 5.97 Å². The van der Waals surface area contributed by atoms with Crippen LogP contribution in [0, 0.1) is 5.41 Å². The molecule has 3 nitrogen and oxygen atoms in total. The molecule has 0 spiro atoms. The molecule has 1 aromatic heterocycles. The lowest BCUT2D eigenvalue weighted by atomic mass is 9.76. The van der Waals surface area contributed by atoms with Gasteiger partial charge in [-0.3, -0.25) is 0 Å². The average Bonchev–Trinajstić information content (AvgIpc) is 2.91. The van der Waals surface area contributed by atoms with Crippen molar-refractivity contribution in [3.63, 3.8) is 0 Å². The quantitative estimate of drug-likeness (QED) is 0.829. The van der Waals surface area contributed by atoms with Crippen LogP contribution in [0.25, 0.3) is 10.4 Å². The lowest BCUT2D eigenvalue weighted by Gasteiger charge is -2.29. The van der Waals surface area contributed by atoms with Crippen molar-refractivity contribution in [3.05, 3.63) is 45.8 Å². The number of carboxylic acids is 1. The second-order valence-electron chi connectivity index (χ2n) is 7.45. The lowest BCUT2D eigenvalue weighted by Crippen LogP contribution is -2.22. The fraction of sp³-hybridized carbons (Fsp3) is 0.450. The van der Waals surface area contributed by atoms with Gasteiger partial charge in [-0.1, -0.05) is 38.1 Å². The summed E-state index contributed by atoms with van der Waals surface area (Å²) >= 11 is 1.68. The van der Waals surface area contributed by atoms with Crippen LogP contribution in [0.15, 0.2) is 24.3 Å². The first-order valence-electron chi connectivity index (χ1n) is 8.48. The molecule has 1 aromatic carbocycles. The predicted octanol–water partition coefficient (Wildman–Crippen LogP) is 4.91. The van der Waals surface area contributed by atoms with Crippen molar-refractivity contribution in [2.45, 2.75) is 46.1 Å². The Morgan fingerprint density at radius 2 is 2.04 bits per heavy atom. The molecule has 0 saturated carbocycles. The number of aryl methyl sites for hydroxylation is 1. The van der Waals surface area contributed by atoms with Crippen LogP contribution in [0.1, 0.15) is 59.6 Å². The van der Waals surface area contributed by atoms with Crippen LogP contribution in [0.5, 0.6) is 0 Å². The number of hydrogen-bond donors (Lipinski definition) is 2. The van der Waals surface area contributed by atoms with Crippen molar-refractivity contribution >= 4 is 17.3 Å². The Hall–Kier alpha value is -1.65. The first-order chi connectivity index (χ1) is 11.3. The Labute approximate surface area is 147 Å². The molecule has 0 radical (unpaired) electrons. The highest BCUT2D eigenvalue weighted by molar-refractivity contribution is 7.16. The Morgan fingerprint density at radius 3 is 2.71 bits per heavy atom. The summed E-state index contributed by atoms with van der Waals surface area (Å²) in [7, 11) is 1.93. The summed E-state index contributed by atoms with van der Waals surface area (Å²) in [6.07, 6.45) is 2.95. The van der Waals surface area contributed by atoms with E-state index in [-0.39, 0.29) is 11.5 Å². The van der Waals surface area contributed by atoms with E-state index in [0.717, 1.165) is 40.8 Å². The van der Waals surface area contributed by atoms with Crippen LogP contribution in [0.4, 0.5) is 0 Å². The Bertz CT molecular complexity index is 776. The van der Waals surface area contributed by atoms with Crippen LogP contribution in [0.2, 0.25) is 0 Å². The van der Waals surface area contributed by atoms with Gasteiger partial charge >= 0.3 is 5.97 Å². The van der Waals surface area contributed by atoms with Crippen LogP contribution in [-0.2, 0) is 12.8 Å². The number of carbonyl (C=O) groups is 1. The third-order valence-corrected chi connectivity index (χ3v) is 6.42. The van der Waals surface area contributed by atoms with Crippen LogP contribution in [-0.4, -0.2) is 18.1 Å². The fourth-order valence-electron chi connectivity index (χ4n) is 3.57. The topological polar surface area (TPSA) is 49.3 Å². The van der Waals surface area contributed by atoms with Gasteiger partial charge in [0.05, 0.1) is 5.56 Å². The molecule has 1 aliphatic carbocycles. The van der Waals surface area contributed by atoms with E-state index >= 15 is 0 Å². The maximum Gasteiger partial charge on any atom is 0.337 e. The van der Waals surface area contributed by atoms with Crippen LogP contribution >= 0.6 is 11.3 Å². The summed E-state index contributed by atoms with van der Waals surface area (Å²) in [5.41, 5.74) is 3.96. The zero-order valence-electron chi connectivity index (χ0n) is 14.8. The van der Waals surface area contributed by atoms with E-state index in [4.69, 9.17) is 0 Å². The molecule has 0 bridgehead atoms. The molecular weight excluding hydrogens is 318 g/mol. The molecule has 2 N–H and O–H groups in total. The Balaban J connectivity index is 2.21. The number of benzene rings is 1. The van der Waals surface area contributed by atoms with Crippen molar-refractivity contribution in [1.82, 2.24) is 5.32 Å². The van der Waals surface area contributed by atoms with E-state index in [9.17, 15) is 9.90 Å². The molecule has 1 heterocycles. The minimum absolute atomic E-state index is 0.174. The molecule has 0 saturated heterocycles. The zero-order valence-corrected chi connectivity index (χ0v) is 15.6. The van der Waals surface area contributed by atoms with Gasteiger partial charge in [0.15, 0.2) is 0 Å². The van der Waals surface area contributed by atoms with Gasteiger partial charge in [0.25, 0.3) is 0 Å². The number of fused-ring (bicyclic) bond motifs is 1. The second kappa shape index (κ2) is 6.34. The summed E-state index contributed by atoms with van der Waals surface area (Å²) in [6, 6.07) is 8.33. The maximum absolute atomic E-state index is 12.1. The van der Waals surface area contributed by atoms with Gasteiger partial charge in [-0.15, -0.1) is 11.3 Å². The summed E-state index contributed by atoms with van der Waals surface area (Å²) in [5.74, 6) is -0.799. The highest BCUT2D eigenvalue weighted by Gasteiger charge is 2.33. The van der Waals surface area contributed by atoms with Gasteiger partial charge in [0.2, 0.25) is 0 Å². The second-order valence-corrected chi connectivity index (χ2v) is 8.56. The van der Waals surface area contributed by atoms with Crippen molar-refractivity contribution in [2.24, 2.45) is 5.41 Å². The largest absolute Gasteiger partial charge is 0.478 e. The minimum atomic E-state index is -0.799. The molecule has 0 fully saturated rings. The molecule has 2 aromatic rings. The molecule has 0 unspecified atom stereocenters. The van der Waals surface area contributed by atoms with Gasteiger partial charge in [-0.25, -0.2) is 4.79 Å². The average molecular weight is 343 g/mol. The normalized spacial score (nSPS) is 17.3. The van der Waals surface area contributed by atoms with E-state index in [1.54, 1.807) is 11.3 Å². The van der Waals surface area contributed by atoms with Gasteiger partial charge in [-0.05, 0) is 55.3 Å². The lowest BCUT2D eigenvalue weighted by molar-refractivity contribution is 0.0696. The van der Waals surface area contributed by atoms with Gasteiger partial charge < -0.3 is 10.4 Å². The minimum Gasteiger partial charge on any atom is -0.478 e. The van der Waals surface area contributed by atoms with Crippen molar-refractivity contribution in [1.29, 1.82) is 0 Å². The number of aromatic carboxylic acids is 1. The van der Waals surface area contributed by atoms with Crippen LogP contribution in [0.3, 0.4) is 0 Å². The highest BCUT2D eigenvalue weighted by atomic mass is 32.1. The molecule has 1 atom stereocenters. The number of carboxylic acid groups (broad SMARTS) is 1. The van der Waals surface area contributed by atoms with E-state index in [1.807, 2.05) is 19.2 Å². The molecule has 0 amide bonds. The maximum atomic E-state index is 12.1. The number of nitrogens with one attached hydrogen (secondary N) is 1. The number of rotatable bonds is 4. The van der Waals surface area contributed by atoms with Crippen molar-refractivity contribution < 1.29 is 9.90 Å². The first-order valence-corrected chi connectivity index (χ1v) is 9.30. The third kappa shape index (κ3) is 3.01. The van der Waals surface area contributed by atoms with Crippen molar-refractivity contribution in [3.8, 4) is 10.4 Å². The van der Waals surface area contributed by atoms with E-state index in [1.165, 1.54) is 4.88 Å². The highest BCUT2D eigenvalue weighted by Crippen LogP contribution is 2.46. The monoisotopic (exact) mass is 343 g/mol.